The van der Waals surface area contributed by atoms with Crippen LogP contribution in [0.4, 0.5) is 25.0 Å². The summed E-state index contributed by atoms with van der Waals surface area (Å²) in [5.74, 6) is -2.57. The van der Waals surface area contributed by atoms with E-state index in [9.17, 15) is 28.0 Å². The first-order chi connectivity index (χ1) is 17.8. The molecule has 3 aromatic rings. The number of para-hydroxylation sites is 1. The van der Waals surface area contributed by atoms with Crippen LogP contribution in [0.3, 0.4) is 0 Å². The molecule has 0 unspecified atom stereocenters. The maximum Gasteiger partial charge on any atom is 0.329 e. The van der Waals surface area contributed by atoms with E-state index in [0.717, 1.165) is 0 Å². The molecule has 0 radical (unpaired) electrons. The normalized spacial score (nSPS) is 13.9. The lowest BCUT2D eigenvalue weighted by Gasteiger charge is -2.12. The number of amides is 5. The van der Waals surface area contributed by atoms with Crippen molar-refractivity contribution in [3.05, 3.63) is 95.7 Å². The lowest BCUT2D eigenvalue weighted by atomic mass is 10.2. The van der Waals surface area contributed by atoms with Crippen molar-refractivity contribution in [1.29, 1.82) is 0 Å². The highest BCUT2D eigenvalue weighted by Crippen LogP contribution is 2.18. The van der Waals surface area contributed by atoms with E-state index in [1.807, 2.05) is 0 Å². The molecule has 1 aliphatic heterocycles. The fourth-order valence-corrected chi connectivity index (χ4v) is 3.32. The van der Waals surface area contributed by atoms with Crippen LogP contribution in [0.5, 0.6) is 5.75 Å². The second kappa shape index (κ2) is 11.1. The molecule has 1 heterocycles. The van der Waals surface area contributed by atoms with Crippen LogP contribution in [0.1, 0.15) is 5.56 Å². The van der Waals surface area contributed by atoms with Crippen molar-refractivity contribution in [3.63, 3.8) is 0 Å². The van der Waals surface area contributed by atoms with E-state index in [1.54, 1.807) is 24.3 Å². The van der Waals surface area contributed by atoms with Gasteiger partial charge in [-0.3, -0.25) is 14.4 Å². The van der Waals surface area contributed by atoms with Gasteiger partial charge in [0.1, 0.15) is 29.6 Å². The molecular weight excluding hydrogens is 486 g/mol. The van der Waals surface area contributed by atoms with Crippen LogP contribution in [0.15, 0.2) is 78.5 Å². The van der Waals surface area contributed by atoms with Gasteiger partial charge in [-0.1, -0.05) is 24.3 Å². The molecule has 0 atom stereocenters. The Kier molecular flexibility index (Phi) is 7.53. The minimum Gasteiger partial charge on any atom is -0.484 e. The van der Waals surface area contributed by atoms with E-state index in [0.29, 0.717) is 21.9 Å². The van der Waals surface area contributed by atoms with E-state index in [2.05, 4.69) is 16.0 Å². The Morgan fingerprint density at radius 1 is 0.892 bits per heavy atom. The van der Waals surface area contributed by atoms with Gasteiger partial charge in [-0.15, -0.1) is 0 Å². The predicted octanol–water partition coefficient (Wildman–Crippen LogP) is 3.51. The number of rotatable bonds is 8. The number of carbonyl (C=O) groups is 4. The Morgan fingerprint density at radius 3 is 2.30 bits per heavy atom. The van der Waals surface area contributed by atoms with Crippen LogP contribution in [-0.4, -0.2) is 41.8 Å². The van der Waals surface area contributed by atoms with Crippen LogP contribution in [0.25, 0.3) is 6.08 Å². The second-order valence-corrected chi connectivity index (χ2v) is 7.82. The number of halogens is 2. The van der Waals surface area contributed by atoms with Gasteiger partial charge in [0.25, 0.3) is 11.8 Å². The average Bonchev–Trinajstić information content (AvgIpc) is 3.13. The van der Waals surface area contributed by atoms with Gasteiger partial charge in [0, 0.05) is 5.69 Å². The van der Waals surface area contributed by atoms with Crippen molar-refractivity contribution in [3.8, 4) is 5.75 Å². The summed E-state index contributed by atoms with van der Waals surface area (Å²) in [6.07, 6.45) is 1.42. The molecule has 4 rings (SSSR count). The maximum atomic E-state index is 13.7. The Morgan fingerprint density at radius 2 is 1.59 bits per heavy atom. The van der Waals surface area contributed by atoms with Crippen LogP contribution >= 0.6 is 0 Å². The summed E-state index contributed by atoms with van der Waals surface area (Å²) in [6, 6.07) is 16.4. The molecule has 3 aromatic carbocycles. The van der Waals surface area contributed by atoms with Crippen LogP contribution in [0.2, 0.25) is 0 Å². The summed E-state index contributed by atoms with van der Waals surface area (Å²) < 4.78 is 32.1. The van der Waals surface area contributed by atoms with Gasteiger partial charge < -0.3 is 20.7 Å². The van der Waals surface area contributed by atoms with Gasteiger partial charge in [-0.05, 0) is 60.2 Å². The van der Waals surface area contributed by atoms with Crippen molar-refractivity contribution < 1.29 is 32.7 Å². The summed E-state index contributed by atoms with van der Waals surface area (Å²) in [6.45, 7) is -0.876. The number of anilines is 2. The molecular formula is C26H20F2N4O5. The highest BCUT2D eigenvalue weighted by atomic mass is 19.1. The fourth-order valence-electron chi connectivity index (χ4n) is 3.32. The molecule has 11 heteroatoms. The van der Waals surface area contributed by atoms with E-state index in [1.165, 1.54) is 54.6 Å². The minimum absolute atomic E-state index is 0.0453. The molecule has 188 valence electrons. The standard InChI is InChI=1S/C26H20F2N4O5/c27-17-7-9-18(10-8-17)29-24(34)15-37-19-11-5-16(6-12-19)13-22-25(35)32(26(36)31-22)14-23(33)30-21-4-2-1-3-20(21)28/h1-13H,14-15H2,(H,29,34)(H,30,33)(H,31,36)/b22-13+. The third-order valence-corrected chi connectivity index (χ3v) is 5.10. The lowest BCUT2D eigenvalue weighted by Crippen LogP contribution is -2.38. The highest BCUT2D eigenvalue weighted by molar-refractivity contribution is 6.15. The Labute approximate surface area is 209 Å². The Bertz CT molecular complexity index is 1370. The predicted molar refractivity (Wildman–Crippen MR) is 130 cm³/mol. The van der Waals surface area contributed by atoms with Crippen molar-refractivity contribution in [1.82, 2.24) is 10.2 Å². The smallest absolute Gasteiger partial charge is 0.329 e. The summed E-state index contributed by atoms with van der Waals surface area (Å²) in [5, 5.41) is 7.29. The van der Waals surface area contributed by atoms with Gasteiger partial charge in [0.2, 0.25) is 5.91 Å². The number of carbonyl (C=O) groups excluding carboxylic acids is 4. The van der Waals surface area contributed by atoms with Gasteiger partial charge in [0.15, 0.2) is 6.61 Å². The van der Waals surface area contributed by atoms with E-state index < -0.39 is 41.9 Å². The third-order valence-electron chi connectivity index (χ3n) is 5.10. The van der Waals surface area contributed by atoms with Crippen LogP contribution in [0, 0.1) is 11.6 Å². The molecule has 3 N–H and O–H groups in total. The molecule has 9 nitrogen and oxygen atoms in total. The second-order valence-electron chi connectivity index (χ2n) is 7.82. The number of ether oxygens (including phenoxy) is 1. The molecule has 0 saturated carbocycles. The maximum absolute atomic E-state index is 13.7. The number of hydrogen-bond donors (Lipinski definition) is 3. The van der Waals surface area contributed by atoms with E-state index in [4.69, 9.17) is 4.74 Å². The number of imide groups is 1. The number of nitrogens with one attached hydrogen (secondary N) is 3. The molecule has 0 aromatic heterocycles. The number of hydrogen-bond acceptors (Lipinski definition) is 5. The topological polar surface area (TPSA) is 117 Å². The van der Waals surface area contributed by atoms with Gasteiger partial charge >= 0.3 is 6.03 Å². The van der Waals surface area contributed by atoms with Gasteiger partial charge in [-0.2, -0.15) is 0 Å². The average molecular weight is 506 g/mol. The minimum atomic E-state index is -0.785. The largest absolute Gasteiger partial charge is 0.484 e. The zero-order chi connectivity index (χ0) is 26.4. The molecule has 1 aliphatic rings. The molecule has 37 heavy (non-hydrogen) atoms. The molecule has 0 bridgehead atoms. The molecule has 0 spiro atoms. The number of nitrogens with zero attached hydrogens (tertiary/aromatic N) is 1. The Balaban J connectivity index is 1.31. The van der Waals surface area contributed by atoms with Crippen LogP contribution in [-0.2, 0) is 14.4 Å². The van der Waals surface area contributed by atoms with Gasteiger partial charge in [-0.25, -0.2) is 18.5 Å². The van der Waals surface area contributed by atoms with E-state index >= 15 is 0 Å². The zero-order valence-corrected chi connectivity index (χ0v) is 19.2. The van der Waals surface area contributed by atoms with Crippen molar-refractivity contribution in [2.24, 2.45) is 0 Å². The molecule has 0 aliphatic carbocycles. The lowest BCUT2D eigenvalue weighted by molar-refractivity contribution is -0.127. The first-order valence-electron chi connectivity index (χ1n) is 11.0. The van der Waals surface area contributed by atoms with Crippen molar-refractivity contribution in [2.45, 2.75) is 0 Å². The van der Waals surface area contributed by atoms with Crippen LogP contribution < -0.4 is 20.7 Å². The fraction of sp³-hybridized carbons (Fsp3) is 0.0769. The Hall–Kier alpha value is -5.06. The van der Waals surface area contributed by atoms with Gasteiger partial charge in [0.05, 0.1) is 5.69 Å². The number of benzene rings is 3. The zero-order valence-electron chi connectivity index (χ0n) is 19.2. The first kappa shape index (κ1) is 25.0. The highest BCUT2D eigenvalue weighted by Gasteiger charge is 2.35. The van der Waals surface area contributed by atoms with E-state index in [-0.39, 0.29) is 18.0 Å². The first-order valence-corrected chi connectivity index (χ1v) is 11.0. The van der Waals surface area contributed by atoms with Crippen molar-refractivity contribution >= 4 is 41.2 Å². The summed E-state index contributed by atoms with van der Waals surface area (Å²) in [7, 11) is 0. The summed E-state index contributed by atoms with van der Waals surface area (Å²) in [5.41, 5.74) is 0.866. The summed E-state index contributed by atoms with van der Waals surface area (Å²) >= 11 is 0. The third kappa shape index (κ3) is 6.54. The summed E-state index contributed by atoms with van der Waals surface area (Å²) in [4.78, 5) is 49.7. The quantitative estimate of drug-likeness (QED) is 0.319. The van der Waals surface area contributed by atoms with Crippen molar-refractivity contribution in [2.75, 3.05) is 23.8 Å². The molecule has 1 fully saturated rings. The SMILES string of the molecule is O=C(COc1ccc(/C=C2/NC(=O)N(CC(=O)Nc3ccccc3F)C2=O)cc1)Nc1ccc(F)cc1. The monoisotopic (exact) mass is 506 g/mol. The molecule has 1 saturated heterocycles. The number of urea groups is 1. The molecule has 5 amide bonds.